The van der Waals surface area contributed by atoms with Gasteiger partial charge in [0, 0.05) is 0 Å². The summed E-state index contributed by atoms with van der Waals surface area (Å²) in [5, 5.41) is 8.90. The lowest BCUT2D eigenvalue weighted by molar-refractivity contribution is -0.143. The lowest BCUT2D eigenvalue weighted by atomic mass is 9.87. The van der Waals surface area contributed by atoms with Gasteiger partial charge in [0.2, 0.25) is 0 Å². The van der Waals surface area contributed by atoms with E-state index in [4.69, 9.17) is 18.9 Å². The molecule has 0 radical (unpaired) electrons. The number of ether oxygens (including phenoxy) is 1. The molecule has 0 aromatic heterocycles. The van der Waals surface area contributed by atoms with Crippen molar-refractivity contribution in [3.05, 3.63) is 0 Å². The Morgan fingerprint density at radius 1 is 1.17 bits per heavy atom. The zero-order valence-corrected chi connectivity index (χ0v) is 12.0. The topological polar surface area (TPSA) is 65.0 Å². The Balaban J connectivity index is 2.21. The largest absolute Gasteiger partial charge is 0.481 e. The number of carbonyl (C=O) groups is 1. The molecule has 1 aliphatic carbocycles. The molecule has 0 unspecified atom stereocenters. The Morgan fingerprint density at radius 3 is 2.17 bits per heavy atom. The molecule has 0 aromatic carbocycles. The van der Waals surface area contributed by atoms with Crippen molar-refractivity contribution >= 4 is 14.3 Å². The van der Waals surface area contributed by atoms with Crippen molar-refractivity contribution in [3.63, 3.8) is 0 Å². The Labute approximate surface area is 110 Å². The second-order valence-corrected chi connectivity index (χ2v) is 5.72. The molecule has 1 N–H and O–H groups in total. The molecule has 0 amide bonds. The third kappa shape index (κ3) is 5.61. The van der Waals surface area contributed by atoms with Crippen molar-refractivity contribution in [1.82, 2.24) is 0 Å². The minimum absolute atomic E-state index is 0.159. The molecular weight excluding hydrogens is 255 g/mol. The molecule has 18 heavy (non-hydrogen) atoms. The van der Waals surface area contributed by atoms with E-state index in [1.165, 1.54) is 0 Å². The van der Waals surface area contributed by atoms with Crippen LogP contribution in [0.5, 0.6) is 0 Å². The summed E-state index contributed by atoms with van der Waals surface area (Å²) in [6, 6.07) is 0. The van der Waals surface area contributed by atoms with Gasteiger partial charge in [-0.25, -0.2) is 0 Å². The molecule has 1 fully saturated rings. The summed E-state index contributed by atoms with van der Waals surface area (Å²) in [6.07, 6.45) is 3.70. The van der Waals surface area contributed by atoms with Crippen molar-refractivity contribution in [2.24, 2.45) is 5.92 Å². The molecule has 5 nitrogen and oxygen atoms in total. The normalized spacial score (nSPS) is 24.4. The summed E-state index contributed by atoms with van der Waals surface area (Å²) in [4.78, 5) is 10.8. The number of carboxylic acid groups (broad SMARTS) is 1. The number of carboxylic acids is 1. The highest BCUT2D eigenvalue weighted by Gasteiger charge is 2.27. The minimum Gasteiger partial charge on any atom is -0.481 e. The van der Waals surface area contributed by atoms with Crippen molar-refractivity contribution in [2.45, 2.75) is 45.6 Å². The van der Waals surface area contributed by atoms with Gasteiger partial charge < -0.3 is 18.9 Å². The summed E-state index contributed by atoms with van der Waals surface area (Å²) >= 11 is 0. The zero-order chi connectivity index (χ0) is 13.4. The first-order valence-electron chi connectivity index (χ1n) is 6.55. The van der Waals surface area contributed by atoms with Gasteiger partial charge in [-0.05, 0) is 39.5 Å². The van der Waals surface area contributed by atoms with Crippen LogP contribution < -0.4 is 0 Å². The molecule has 0 spiro atoms. The smallest absolute Gasteiger partial charge is 0.306 e. The average molecular weight is 278 g/mol. The van der Waals surface area contributed by atoms with Gasteiger partial charge >= 0.3 is 5.97 Å². The molecular formula is C12H23O5P. The Morgan fingerprint density at radius 2 is 1.72 bits per heavy atom. The summed E-state index contributed by atoms with van der Waals surface area (Å²) in [7, 11) is -0.948. The molecule has 106 valence electrons. The Kier molecular flexibility index (Phi) is 7.75. The average Bonchev–Trinajstić information content (AvgIpc) is 2.37. The van der Waals surface area contributed by atoms with E-state index >= 15 is 0 Å². The molecule has 0 bridgehead atoms. The van der Waals surface area contributed by atoms with Crippen molar-refractivity contribution in [3.8, 4) is 0 Å². The molecule has 0 aromatic rings. The molecule has 6 heteroatoms. The van der Waals surface area contributed by atoms with E-state index in [-0.39, 0.29) is 12.0 Å². The molecule has 1 rings (SSSR count). The predicted molar refractivity (Wildman–Crippen MR) is 69.5 cm³/mol. The maximum Gasteiger partial charge on any atom is 0.306 e. The number of rotatable bonds is 8. The van der Waals surface area contributed by atoms with Crippen LogP contribution in [0.4, 0.5) is 0 Å². The molecule has 1 saturated carbocycles. The van der Waals surface area contributed by atoms with Gasteiger partial charge in [0.25, 0.3) is 0 Å². The SMILES string of the molecule is CCOP(COC1CCC(C(=O)O)CC1)OCC. The first kappa shape index (κ1) is 15.8. The highest BCUT2D eigenvalue weighted by molar-refractivity contribution is 7.47. The van der Waals surface area contributed by atoms with Crippen molar-refractivity contribution in [2.75, 3.05) is 19.6 Å². The van der Waals surface area contributed by atoms with Gasteiger partial charge in [-0.15, -0.1) is 0 Å². The van der Waals surface area contributed by atoms with Gasteiger partial charge in [0.15, 0.2) is 8.38 Å². The third-order valence-electron chi connectivity index (χ3n) is 2.99. The maximum absolute atomic E-state index is 10.8. The van der Waals surface area contributed by atoms with E-state index in [2.05, 4.69) is 0 Å². The number of hydrogen-bond donors (Lipinski definition) is 1. The fraction of sp³-hybridized carbons (Fsp3) is 0.917. The Hall–Kier alpha value is -0.220. The predicted octanol–water partition coefficient (Wildman–Crippen LogP) is 2.99. The first-order chi connectivity index (χ1) is 8.67. The fourth-order valence-corrected chi connectivity index (χ4v) is 3.17. The van der Waals surface area contributed by atoms with E-state index in [1.54, 1.807) is 0 Å². The van der Waals surface area contributed by atoms with E-state index in [1.807, 2.05) is 13.8 Å². The highest BCUT2D eigenvalue weighted by Crippen LogP contribution is 2.39. The van der Waals surface area contributed by atoms with Crippen LogP contribution in [0.1, 0.15) is 39.5 Å². The molecule has 1 aliphatic rings. The summed E-state index contributed by atoms with van der Waals surface area (Å²) in [5.74, 6) is -0.871. The van der Waals surface area contributed by atoms with Crippen LogP contribution in [0, 0.1) is 5.92 Å². The lowest BCUT2D eigenvalue weighted by Crippen LogP contribution is -2.26. The van der Waals surface area contributed by atoms with Crippen LogP contribution in [0.2, 0.25) is 0 Å². The van der Waals surface area contributed by atoms with E-state index in [0.29, 0.717) is 32.4 Å². The number of aliphatic carboxylic acids is 1. The van der Waals surface area contributed by atoms with E-state index < -0.39 is 14.3 Å². The molecule has 0 atom stereocenters. The Bertz CT molecular complexity index is 235. The van der Waals surface area contributed by atoms with Crippen molar-refractivity contribution in [1.29, 1.82) is 0 Å². The minimum atomic E-state index is -0.948. The maximum atomic E-state index is 10.8. The van der Waals surface area contributed by atoms with Gasteiger partial charge in [0.1, 0.15) is 6.35 Å². The molecule has 0 heterocycles. The van der Waals surface area contributed by atoms with Crippen LogP contribution >= 0.6 is 8.38 Å². The summed E-state index contributed by atoms with van der Waals surface area (Å²) in [5.41, 5.74) is 0. The monoisotopic (exact) mass is 278 g/mol. The van der Waals surface area contributed by atoms with Gasteiger partial charge in [-0.3, -0.25) is 4.79 Å². The standard InChI is InChI=1S/C12H23O5P/c1-3-16-18(17-4-2)9-15-11-7-5-10(6-8-11)12(13)14/h10-11H,3-9H2,1-2H3,(H,13,14). The third-order valence-corrected chi connectivity index (χ3v) is 4.44. The van der Waals surface area contributed by atoms with Gasteiger partial charge in [-0.2, -0.15) is 0 Å². The van der Waals surface area contributed by atoms with Crippen LogP contribution in [0.3, 0.4) is 0 Å². The van der Waals surface area contributed by atoms with E-state index in [9.17, 15) is 4.79 Å². The zero-order valence-electron chi connectivity index (χ0n) is 11.1. The fourth-order valence-electron chi connectivity index (χ4n) is 2.04. The van der Waals surface area contributed by atoms with Crippen LogP contribution in [0.25, 0.3) is 0 Å². The molecule has 0 saturated heterocycles. The number of hydrogen-bond acceptors (Lipinski definition) is 4. The van der Waals surface area contributed by atoms with Gasteiger partial charge in [-0.1, -0.05) is 0 Å². The van der Waals surface area contributed by atoms with Gasteiger partial charge in [0.05, 0.1) is 25.2 Å². The lowest BCUT2D eigenvalue weighted by Gasteiger charge is -2.27. The quantitative estimate of drug-likeness (QED) is 0.691. The first-order valence-corrected chi connectivity index (χ1v) is 7.91. The summed E-state index contributed by atoms with van der Waals surface area (Å²) < 4.78 is 16.7. The van der Waals surface area contributed by atoms with Crippen LogP contribution in [0.15, 0.2) is 0 Å². The second-order valence-electron chi connectivity index (χ2n) is 4.28. The van der Waals surface area contributed by atoms with Crippen LogP contribution in [-0.4, -0.2) is 36.7 Å². The van der Waals surface area contributed by atoms with E-state index in [0.717, 1.165) is 12.8 Å². The second kappa shape index (κ2) is 8.81. The van der Waals surface area contributed by atoms with Crippen molar-refractivity contribution < 1.29 is 23.7 Å². The molecule has 0 aliphatic heterocycles. The highest BCUT2D eigenvalue weighted by atomic mass is 31.2. The summed E-state index contributed by atoms with van der Waals surface area (Å²) in [6.45, 7) is 5.13. The van der Waals surface area contributed by atoms with Crippen LogP contribution in [-0.2, 0) is 18.6 Å².